The summed E-state index contributed by atoms with van der Waals surface area (Å²) in [5.41, 5.74) is 0. The van der Waals surface area contributed by atoms with Gasteiger partial charge in [0.25, 0.3) is 0 Å². The molecular weight excluding hydrogens is 207 g/mol. The summed E-state index contributed by atoms with van der Waals surface area (Å²) < 4.78 is 11.2. The topological polar surface area (TPSA) is 18.5 Å². The fraction of sp³-hybridized carbons (Fsp3) is 0.250. The Labute approximate surface area is 74.3 Å². The zero-order valence-electron chi connectivity index (χ0n) is 6.50. The first-order valence-electron chi connectivity index (χ1n) is 3.19. The van der Waals surface area contributed by atoms with Gasteiger partial charge in [-0.1, -0.05) is 0 Å². The van der Waals surface area contributed by atoms with Gasteiger partial charge in [0.1, 0.15) is 0 Å². The summed E-state index contributed by atoms with van der Waals surface area (Å²) in [6.45, 7) is 0. The van der Waals surface area contributed by atoms with Crippen LogP contribution in [-0.4, -0.2) is 30.2 Å². The number of hydrogen-bond donors (Lipinski definition) is 0. The minimum absolute atomic E-state index is 0.816. The van der Waals surface area contributed by atoms with Crippen LogP contribution in [0.3, 0.4) is 0 Å². The van der Waals surface area contributed by atoms with E-state index in [1.807, 2.05) is 18.2 Å². The third kappa shape index (κ3) is 1.88. The second-order valence-corrected chi connectivity index (χ2v) is 3.05. The van der Waals surface area contributed by atoms with Gasteiger partial charge in [0, 0.05) is 0 Å². The Morgan fingerprint density at radius 2 is 1.91 bits per heavy atom. The average Bonchev–Trinajstić information content (AvgIpc) is 2.05. The van der Waals surface area contributed by atoms with Crippen molar-refractivity contribution < 1.29 is 9.47 Å². The molecular formula is C8H10O2Se. The molecule has 11 heavy (non-hydrogen) atoms. The molecule has 1 rings (SSSR count). The molecule has 0 aromatic heterocycles. The summed E-state index contributed by atoms with van der Waals surface area (Å²) in [6.07, 6.45) is 0. The number of rotatable bonds is 2. The molecule has 0 aliphatic heterocycles. The maximum absolute atomic E-state index is 5.09. The summed E-state index contributed by atoms with van der Waals surface area (Å²) in [4.78, 5) is 0. The van der Waals surface area contributed by atoms with Crippen LogP contribution in [0.5, 0.6) is 11.5 Å². The molecule has 0 saturated heterocycles. The summed E-state index contributed by atoms with van der Waals surface area (Å²) in [7, 11) is 3.28. The molecule has 0 atom stereocenters. The van der Waals surface area contributed by atoms with Crippen molar-refractivity contribution in [3.63, 3.8) is 0 Å². The van der Waals surface area contributed by atoms with Crippen LogP contribution >= 0.6 is 0 Å². The molecule has 0 saturated carbocycles. The SMILES string of the molecule is COc1ccc([SeH])c(OC)c1. The molecule has 1 aromatic rings. The first-order valence-corrected chi connectivity index (χ1v) is 4.12. The first-order chi connectivity index (χ1) is 5.27. The van der Waals surface area contributed by atoms with E-state index in [2.05, 4.69) is 16.0 Å². The summed E-state index contributed by atoms with van der Waals surface area (Å²) >= 11 is 2.45. The van der Waals surface area contributed by atoms with Gasteiger partial charge in [-0.05, 0) is 0 Å². The number of ether oxygens (including phenoxy) is 2. The predicted octanol–water partition coefficient (Wildman–Crippen LogP) is 0.230. The van der Waals surface area contributed by atoms with Crippen molar-refractivity contribution in [2.24, 2.45) is 0 Å². The fourth-order valence-electron chi connectivity index (χ4n) is 0.785. The van der Waals surface area contributed by atoms with Crippen molar-refractivity contribution in [1.82, 2.24) is 0 Å². The van der Waals surface area contributed by atoms with Gasteiger partial charge < -0.3 is 0 Å². The Kier molecular flexibility index (Phi) is 2.80. The molecule has 0 aliphatic carbocycles. The second-order valence-electron chi connectivity index (χ2n) is 2.04. The van der Waals surface area contributed by atoms with Crippen molar-refractivity contribution in [2.75, 3.05) is 14.2 Å². The molecule has 1 aromatic carbocycles. The standard InChI is InChI=1S/C8H10O2Se/c1-9-6-3-4-8(11)7(5-6)10-2/h3-5,11H,1-2H3. The quantitative estimate of drug-likeness (QED) is 0.660. The number of benzene rings is 1. The average molecular weight is 217 g/mol. The van der Waals surface area contributed by atoms with Crippen LogP contribution < -0.4 is 13.9 Å². The van der Waals surface area contributed by atoms with Gasteiger partial charge in [-0.2, -0.15) is 0 Å². The zero-order valence-corrected chi connectivity index (χ0v) is 8.37. The van der Waals surface area contributed by atoms with Gasteiger partial charge in [0.15, 0.2) is 0 Å². The van der Waals surface area contributed by atoms with Gasteiger partial charge in [-0.15, -0.1) is 0 Å². The second kappa shape index (κ2) is 3.65. The zero-order chi connectivity index (χ0) is 8.27. The van der Waals surface area contributed by atoms with Crippen LogP contribution in [0.15, 0.2) is 18.2 Å². The molecule has 0 spiro atoms. The Bertz CT molecular complexity index is 248. The predicted molar refractivity (Wildman–Crippen MR) is 46.3 cm³/mol. The molecule has 0 aliphatic rings. The molecule has 0 fully saturated rings. The molecule has 0 bridgehead atoms. The van der Waals surface area contributed by atoms with Gasteiger partial charge >= 0.3 is 73.9 Å². The molecule has 3 heteroatoms. The van der Waals surface area contributed by atoms with Crippen molar-refractivity contribution in [3.8, 4) is 11.5 Å². The van der Waals surface area contributed by atoms with E-state index in [0.717, 1.165) is 16.0 Å². The van der Waals surface area contributed by atoms with Crippen molar-refractivity contribution in [2.45, 2.75) is 0 Å². The number of hydrogen-bond acceptors (Lipinski definition) is 2. The monoisotopic (exact) mass is 218 g/mol. The van der Waals surface area contributed by atoms with Crippen LogP contribution in [0.1, 0.15) is 0 Å². The van der Waals surface area contributed by atoms with E-state index in [-0.39, 0.29) is 0 Å². The van der Waals surface area contributed by atoms with E-state index in [1.54, 1.807) is 14.2 Å². The molecule has 0 N–H and O–H groups in total. The minimum atomic E-state index is 0.816. The van der Waals surface area contributed by atoms with E-state index in [0.29, 0.717) is 0 Å². The van der Waals surface area contributed by atoms with Crippen LogP contribution in [0, 0.1) is 0 Å². The Morgan fingerprint density at radius 1 is 1.18 bits per heavy atom. The van der Waals surface area contributed by atoms with Crippen LogP contribution in [0.25, 0.3) is 0 Å². The molecule has 0 amide bonds. The summed E-state index contributed by atoms with van der Waals surface area (Å²) in [6, 6.07) is 5.70. The molecule has 0 unspecified atom stereocenters. The Morgan fingerprint density at radius 3 is 2.45 bits per heavy atom. The normalized spacial score (nSPS) is 9.36. The van der Waals surface area contributed by atoms with E-state index in [4.69, 9.17) is 9.47 Å². The summed E-state index contributed by atoms with van der Waals surface area (Å²) in [5.74, 6) is 1.65. The first kappa shape index (κ1) is 8.44. The van der Waals surface area contributed by atoms with Crippen LogP contribution in [-0.2, 0) is 0 Å². The van der Waals surface area contributed by atoms with Gasteiger partial charge in [-0.25, -0.2) is 0 Å². The van der Waals surface area contributed by atoms with E-state index in [9.17, 15) is 0 Å². The third-order valence-electron chi connectivity index (χ3n) is 1.39. The molecule has 0 radical (unpaired) electrons. The molecule has 0 heterocycles. The Balaban J connectivity index is 3.02. The summed E-state index contributed by atoms with van der Waals surface area (Å²) in [5, 5.41) is 0. The van der Waals surface area contributed by atoms with Crippen molar-refractivity contribution in [3.05, 3.63) is 18.2 Å². The van der Waals surface area contributed by atoms with E-state index in [1.165, 1.54) is 0 Å². The van der Waals surface area contributed by atoms with E-state index < -0.39 is 0 Å². The fourth-order valence-corrected chi connectivity index (χ4v) is 1.27. The maximum atomic E-state index is 5.09. The Hall–Kier alpha value is -0.661. The van der Waals surface area contributed by atoms with Crippen molar-refractivity contribution in [1.29, 1.82) is 0 Å². The van der Waals surface area contributed by atoms with Crippen LogP contribution in [0.2, 0.25) is 0 Å². The number of methoxy groups -OCH3 is 2. The molecule has 2 nitrogen and oxygen atoms in total. The molecule has 60 valence electrons. The van der Waals surface area contributed by atoms with Gasteiger partial charge in [0.2, 0.25) is 0 Å². The van der Waals surface area contributed by atoms with Gasteiger partial charge in [0.05, 0.1) is 0 Å². The van der Waals surface area contributed by atoms with Crippen molar-refractivity contribution >= 4 is 20.5 Å². The third-order valence-corrected chi connectivity index (χ3v) is 2.16. The van der Waals surface area contributed by atoms with E-state index >= 15 is 0 Å². The van der Waals surface area contributed by atoms with Gasteiger partial charge in [-0.3, -0.25) is 0 Å². The van der Waals surface area contributed by atoms with Crippen LogP contribution in [0.4, 0.5) is 0 Å².